The standard InChI is InChI=1S/C9H8BBrFNO/c1-10(14)13-5-8(11)7-3-2-6(12)4-9(7)13/h2-5,14H,1H3. The van der Waals surface area contributed by atoms with Gasteiger partial charge in [0.15, 0.2) is 0 Å². The molecular formula is C9H8BBrFNO. The zero-order chi connectivity index (χ0) is 10.3. The van der Waals surface area contributed by atoms with Crippen molar-refractivity contribution >= 4 is 33.9 Å². The summed E-state index contributed by atoms with van der Waals surface area (Å²) in [6, 6.07) is 4.50. The van der Waals surface area contributed by atoms with Crippen LogP contribution in [0.5, 0.6) is 0 Å². The zero-order valence-electron chi connectivity index (χ0n) is 7.54. The molecule has 0 unspecified atom stereocenters. The highest BCUT2D eigenvalue weighted by Gasteiger charge is 2.13. The predicted molar refractivity (Wildman–Crippen MR) is 58.8 cm³/mol. The molecule has 72 valence electrons. The van der Waals surface area contributed by atoms with E-state index in [1.54, 1.807) is 23.6 Å². The van der Waals surface area contributed by atoms with Crippen LogP contribution in [0.15, 0.2) is 28.9 Å². The molecule has 0 aliphatic carbocycles. The summed E-state index contributed by atoms with van der Waals surface area (Å²) in [6.07, 6.45) is 1.74. The average Bonchev–Trinajstić information content (AvgIpc) is 2.43. The minimum atomic E-state index is -0.661. The highest BCUT2D eigenvalue weighted by atomic mass is 79.9. The quantitative estimate of drug-likeness (QED) is 0.779. The van der Waals surface area contributed by atoms with Crippen LogP contribution >= 0.6 is 15.9 Å². The van der Waals surface area contributed by atoms with Gasteiger partial charge in [-0.3, -0.25) is 0 Å². The predicted octanol–water partition coefficient (Wildman–Crippen LogP) is 2.50. The number of aromatic nitrogens is 1. The summed E-state index contributed by atoms with van der Waals surface area (Å²) < 4.78 is 15.4. The van der Waals surface area contributed by atoms with Crippen LogP contribution in [0.2, 0.25) is 6.82 Å². The van der Waals surface area contributed by atoms with Gasteiger partial charge in [-0.1, -0.05) is 0 Å². The molecule has 5 heteroatoms. The maximum absolute atomic E-state index is 13.0. The molecule has 1 heterocycles. The second kappa shape index (κ2) is 3.40. The highest BCUT2D eigenvalue weighted by Crippen LogP contribution is 2.26. The van der Waals surface area contributed by atoms with E-state index in [2.05, 4.69) is 15.9 Å². The molecule has 0 saturated heterocycles. The summed E-state index contributed by atoms with van der Waals surface area (Å²) in [6.45, 7) is 1.64. The lowest BCUT2D eigenvalue weighted by Gasteiger charge is -2.03. The van der Waals surface area contributed by atoms with E-state index >= 15 is 0 Å². The second-order valence-electron chi connectivity index (χ2n) is 3.18. The van der Waals surface area contributed by atoms with E-state index in [4.69, 9.17) is 0 Å². The van der Waals surface area contributed by atoms with E-state index in [1.807, 2.05) is 0 Å². The molecule has 0 bridgehead atoms. The molecule has 2 rings (SSSR count). The topological polar surface area (TPSA) is 25.2 Å². The van der Waals surface area contributed by atoms with E-state index in [0.717, 1.165) is 9.86 Å². The Balaban J connectivity index is 2.79. The van der Waals surface area contributed by atoms with Gasteiger partial charge in [-0.15, -0.1) is 0 Å². The number of benzene rings is 1. The van der Waals surface area contributed by atoms with Crippen LogP contribution in [0.3, 0.4) is 0 Å². The van der Waals surface area contributed by atoms with Gasteiger partial charge in [0.2, 0.25) is 0 Å². The molecule has 0 amide bonds. The molecule has 0 fully saturated rings. The molecule has 2 nitrogen and oxygen atoms in total. The fourth-order valence-electron chi connectivity index (χ4n) is 1.49. The molecule has 0 spiro atoms. The lowest BCUT2D eigenvalue weighted by atomic mass is 9.88. The number of fused-ring (bicyclic) bond motifs is 1. The Morgan fingerprint density at radius 2 is 2.21 bits per heavy atom. The van der Waals surface area contributed by atoms with E-state index < -0.39 is 7.05 Å². The molecule has 1 aromatic carbocycles. The van der Waals surface area contributed by atoms with Crippen LogP contribution in [0.25, 0.3) is 10.9 Å². The van der Waals surface area contributed by atoms with Gasteiger partial charge in [-0.25, -0.2) is 4.39 Å². The molecule has 14 heavy (non-hydrogen) atoms. The third-order valence-corrected chi connectivity index (χ3v) is 2.78. The van der Waals surface area contributed by atoms with Crippen molar-refractivity contribution in [2.75, 3.05) is 0 Å². The third kappa shape index (κ3) is 1.46. The first-order valence-corrected chi connectivity index (χ1v) is 5.02. The Hall–Kier alpha value is -0.805. The van der Waals surface area contributed by atoms with Crippen LogP contribution in [-0.4, -0.2) is 16.6 Å². The first-order chi connectivity index (χ1) is 6.59. The van der Waals surface area contributed by atoms with Crippen molar-refractivity contribution in [3.05, 3.63) is 34.7 Å². The third-order valence-electron chi connectivity index (χ3n) is 2.15. The normalized spacial score (nSPS) is 10.9. The van der Waals surface area contributed by atoms with Crippen LogP contribution in [0, 0.1) is 5.82 Å². The van der Waals surface area contributed by atoms with Gasteiger partial charge in [0.1, 0.15) is 5.82 Å². The van der Waals surface area contributed by atoms with Gasteiger partial charge in [0.25, 0.3) is 0 Å². The van der Waals surface area contributed by atoms with Crippen molar-refractivity contribution in [2.45, 2.75) is 6.82 Å². The largest absolute Gasteiger partial charge is 0.432 e. The molecule has 0 saturated carbocycles. The van der Waals surface area contributed by atoms with Crippen molar-refractivity contribution in [1.29, 1.82) is 0 Å². The number of hydrogen-bond acceptors (Lipinski definition) is 1. The van der Waals surface area contributed by atoms with Gasteiger partial charge < -0.3 is 9.50 Å². The molecule has 1 N–H and O–H groups in total. The summed E-state index contributed by atoms with van der Waals surface area (Å²) in [5.41, 5.74) is 0.687. The molecule has 1 aromatic heterocycles. The summed E-state index contributed by atoms with van der Waals surface area (Å²) in [4.78, 5) is 0. The summed E-state index contributed by atoms with van der Waals surface area (Å²) in [5, 5.41) is 10.3. The van der Waals surface area contributed by atoms with Gasteiger partial charge in [-0.05, 0) is 41.0 Å². The Morgan fingerprint density at radius 1 is 1.50 bits per heavy atom. The minimum Gasteiger partial charge on any atom is -0.432 e. The second-order valence-corrected chi connectivity index (χ2v) is 4.03. The number of halogens is 2. The van der Waals surface area contributed by atoms with Crippen LogP contribution in [0.4, 0.5) is 4.39 Å². The van der Waals surface area contributed by atoms with Crippen LogP contribution in [0.1, 0.15) is 0 Å². The Kier molecular flexibility index (Phi) is 2.37. The average molecular weight is 256 g/mol. The smallest absolute Gasteiger partial charge is 0.413 e. The van der Waals surface area contributed by atoms with Gasteiger partial charge in [-0.2, -0.15) is 0 Å². The Morgan fingerprint density at radius 3 is 2.86 bits per heavy atom. The van der Waals surface area contributed by atoms with E-state index in [9.17, 15) is 9.41 Å². The maximum atomic E-state index is 13.0. The number of rotatable bonds is 1. The first-order valence-electron chi connectivity index (χ1n) is 4.23. The van der Waals surface area contributed by atoms with E-state index in [0.29, 0.717) is 5.52 Å². The van der Waals surface area contributed by atoms with Crippen molar-refractivity contribution in [1.82, 2.24) is 4.48 Å². The molecule has 0 aliphatic rings. The number of hydrogen-bond donors (Lipinski definition) is 1. The maximum Gasteiger partial charge on any atom is 0.413 e. The lowest BCUT2D eigenvalue weighted by molar-refractivity contribution is 0.566. The van der Waals surface area contributed by atoms with Crippen LogP contribution in [-0.2, 0) is 0 Å². The molecule has 0 radical (unpaired) electrons. The van der Waals surface area contributed by atoms with Gasteiger partial charge in [0, 0.05) is 21.6 Å². The summed E-state index contributed by atoms with van der Waals surface area (Å²) >= 11 is 3.36. The fourth-order valence-corrected chi connectivity index (χ4v) is 2.05. The highest BCUT2D eigenvalue weighted by molar-refractivity contribution is 9.10. The molecule has 2 aromatic rings. The molecular weight excluding hydrogens is 248 g/mol. The Bertz CT molecular complexity index is 483. The molecule has 0 atom stereocenters. The summed E-state index contributed by atoms with van der Waals surface area (Å²) in [5.74, 6) is -0.301. The molecule has 0 aliphatic heterocycles. The summed E-state index contributed by atoms with van der Waals surface area (Å²) in [7, 11) is -0.661. The minimum absolute atomic E-state index is 0.301. The fraction of sp³-hybridized carbons (Fsp3) is 0.111. The van der Waals surface area contributed by atoms with Gasteiger partial charge in [0.05, 0.1) is 0 Å². The lowest BCUT2D eigenvalue weighted by Crippen LogP contribution is -2.18. The van der Waals surface area contributed by atoms with Gasteiger partial charge >= 0.3 is 7.05 Å². The van der Waals surface area contributed by atoms with E-state index in [1.165, 1.54) is 12.1 Å². The Labute approximate surface area is 89.6 Å². The zero-order valence-corrected chi connectivity index (χ0v) is 9.12. The monoisotopic (exact) mass is 255 g/mol. The van der Waals surface area contributed by atoms with Crippen molar-refractivity contribution in [2.24, 2.45) is 0 Å². The van der Waals surface area contributed by atoms with Crippen molar-refractivity contribution in [3.8, 4) is 0 Å². The van der Waals surface area contributed by atoms with Crippen molar-refractivity contribution in [3.63, 3.8) is 0 Å². The number of nitrogens with zero attached hydrogens (tertiary/aromatic N) is 1. The first kappa shape index (κ1) is 9.74. The van der Waals surface area contributed by atoms with Crippen LogP contribution < -0.4 is 0 Å². The van der Waals surface area contributed by atoms with E-state index in [-0.39, 0.29) is 5.82 Å². The SMILES string of the molecule is CB(O)n1cc(Br)c2ccc(F)cc21. The van der Waals surface area contributed by atoms with Crippen molar-refractivity contribution < 1.29 is 9.41 Å².